The number of carbonyl (C=O) groups excluding carboxylic acids is 1. The number of rotatable bonds is 3. The molecule has 1 aromatic carbocycles. The van der Waals surface area contributed by atoms with Crippen molar-refractivity contribution in [3.8, 4) is 11.1 Å². The second-order valence-electron chi connectivity index (χ2n) is 4.13. The first-order valence-electron chi connectivity index (χ1n) is 5.57. The smallest absolute Gasteiger partial charge is 0.248 e. The van der Waals surface area contributed by atoms with E-state index in [0.717, 1.165) is 22.3 Å². The summed E-state index contributed by atoms with van der Waals surface area (Å²) in [5.41, 5.74) is 9.21. The Labute approximate surface area is 105 Å². The number of primary amides is 1. The maximum absolute atomic E-state index is 11.1. The molecule has 1 aromatic heterocycles. The van der Waals surface area contributed by atoms with Crippen molar-refractivity contribution in [2.24, 2.45) is 5.73 Å². The highest BCUT2D eigenvalue weighted by atomic mass is 16.3. The number of nitrogens with zero attached hydrogens (tertiary/aromatic N) is 1. The molecule has 1 heterocycles. The number of amides is 1. The molecule has 2 aromatic rings. The minimum atomic E-state index is -0.429. The Hall–Kier alpha value is -2.20. The van der Waals surface area contributed by atoms with Crippen LogP contribution in [0.4, 0.5) is 0 Å². The summed E-state index contributed by atoms with van der Waals surface area (Å²) in [7, 11) is 0. The summed E-state index contributed by atoms with van der Waals surface area (Å²) in [6.45, 7) is 1.80. The van der Waals surface area contributed by atoms with Crippen LogP contribution < -0.4 is 5.73 Å². The van der Waals surface area contributed by atoms with E-state index >= 15 is 0 Å². The Morgan fingerprint density at radius 1 is 1.28 bits per heavy atom. The number of aromatic nitrogens is 1. The molecular weight excluding hydrogens is 228 g/mol. The minimum absolute atomic E-state index is 0.0425. The molecule has 0 aliphatic rings. The van der Waals surface area contributed by atoms with E-state index in [4.69, 9.17) is 10.8 Å². The average molecular weight is 242 g/mol. The van der Waals surface area contributed by atoms with Gasteiger partial charge in [0.15, 0.2) is 0 Å². The van der Waals surface area contributed by atoms with Crippen LogP contribution in [0.15, 0.2) is 36.7 Å². The van der Waals surface area contributed by atoms with Gasteiger partial charge in [-0.05, 0) is 35.7 Å². The lowest BCUT2D eigenvalue weighted by Crippen LogP contribution is -2.12. The zero-order valence-corrected chi connectivity index (χ0v) is 10.1. The van der Waals surface area contributed by atoms with Crippen molar-refractivity contribution >= 4 is 5.91 Å². The van der Waals surface area contributed by atoms with Crippen molar-refractivity contribution in [2.75, 3.05) is 0 Å². The largest absolute Gasteiger partial charge is 0.392 e. The average Bonchev–Trinajstić information content (AvgIpc) is 2.38. The lowest BCUT2D eigenvalue weighted by Gasteiger charge is -2.07. The van der Waals surface area contributed by atoms with Crippen LogP contribution in [0.1, 0.15) is 21.5 Å². The number of carbonyl (C=O) groups is 1. The van der Waals surface area contributed by atoms with Gasteiger partial charge in [-0.2, -0.15) is 0 Å². The predicted molar refractivity (Wildman–Crippen MR) is 68.9 cm³/mol. The third-order valence-electron chi connectivity index (χ3n) is 2.80. The summed E-state index contributed by atoms with van der Waals surface area (Å²) < 4.78 is 0. The fourth-order valence-electron chi connectivity index (χ4n) is 1.85. The quantitative estimate of drug-likeness (QED) is 0.859. The van der Waals surface area contributed by atoms with Crippen molar-refractivity contribution in [2.45, 2.75) is 13.5 Å². The maximum Gasteiger partial charge on any atom is 0.248 e. The fourth-order valence-corrected chi connectivity index (χ4v) is 1.85. The molecule has 0 aliphatic carbocycles. The normalized spacial score (nSPS) is 10.3. The summed E-state index contributed by atoms with van der Waals surface area (Å²) in [5.74, 6) is -0.429. The minimum Gasteiger partial charge on any atom is -0.392 e. The molecule has 0 saturated heterocycles. The van der Waals surface area contributed by atoms with E-state index in [1.165, 1.54) is 0 Å². The first kappa shape index (κ1) is 12.3. The van der Waals surface area contributed by atoms with Crippen LogP contribution in [0.2, 0.25) is 0 Å². The van der Waals surface area contributed by atoms with Crippen molar-refractivity contribution < 1.29 is 9.90 Å². The lowest BCUT2D eigenvalue weighted by molar-refractivity contribution is 0.0999. The van der Waals surface area contributed by atoms with Crippen molar-refractivity contribution in [1.29, 1.82) is 0 Å². The highest BCUT2D eigenvalue weighted by Crippen LogP contribution is 2.22. The number of hydrogen-bond acceptors (Lipinski definition) is 3. The second kappa shape index (κ2) is 4.98. The van der Waals surface area contributed by atoms with E-state index in [0.29, 0.717) is 5.56 Å². The van der Waals surface area contributed by atoms with Crippen molar-refractivity contribution in [3.05, 3.63) is 53.3 Å². The summed E-state index contributed by atoms with van der Waals surface area (Å²) in [4.78, 5) is 15.2. The first-order chi connectivity index (χ1) is 8.61. The number of hydrogen-bond donors (Lipinski definition) is 2. The Balaban J connectivity index is 2.45. The molecule has 2 rings (SSSR count). The SMILES string of the molecule is Cc1cc(-c2cncc(CO)c2)ccc1C(N)=O. The van der Waals surface area contributed by atoms with Crippen LogP contribution in [-0.2, 0) is 6.61 Å². The molecule has 0 spiro atoms. The first-order valence-corrected chi connectivity index (χ1v) is 5.57. The molecule has 4 heteroatoms. The van der Waals surface area contributed by atoms with Gasteiger partial charge in [-0.3, -0.25) is 9.78 Å². The third-order valence-corrected chi connectivity index (χ3v) is 2.80. The summed E-state index contributed by atoms with van der Waals surface area (Å²) in [6.07, 6.45) is 3.34. The van der Waals surface area contributed by atoms with Gasteiger partial charge in [0.2, 0.25) is 5.91 Å². The van der Waals surface area contributed by atoms with Gasteiger partial charge in [0.1, 0.15) is 0 Å². The highest BCUT2D eigenvalue weighted by Gasteiger charge is 2.07. The number of aliphatic hydroxyl groups is 1. The Morgan fingerprint density at radius 2 is 2.06 bits per heavy atom. The Bertz CT molecular complexity index is 594. The van der Waals surface area contributed by atoms with E-state index in [1.807, 2.05) is 25.1 Å². The van der Waals surface area contributed by atoms with E-state index in [9.17, 15) is 4.79 Å². The molecule has 3 N–H and O–H groups in total. The van der Waals surface area contributed by atoms with Crippen LogP contribution in [0.3, 0.4) is 0 Å². The number of pyridine rings is 1. The summed E-state index contributed by atoms with van der Waals surface area (Å²) in [6, 6.07) is 7.29. The Morgan fingerprint density at radius 3 is 2.67 bits per heavy atom. The number of benzene rings is 1. The van der Waals surface area contributed by atoms with Gasteiger partial charge < -0.3 is 10.8 Å². The van der Waals surface area contributed by atoms with Gasteiger partial charge in [0.05, 0.1) is 6.61 Å². The second-order valence-corrected chi connectivity index (χ2v) is 4.13. The van der Waals surface area contributed by atoms with Gasteiger partial charge in [-0.15, -0.1) is 0 Å². The molecule has 92 valence electrons. The van der Waals surface area contributed by atoms with Gasteiger partial charge in [0, 0.05) is 23.5 Å². The topological polar surface area (TPSA) is 76.2 Å². The molecule has 4 nitrogen and oxygen atoms in total. The van der Waals surface area contributed by atoms with Crippen molar-refractivity contribution in [3.63, 3.8) is 0 Å². The summed E-state index contributed by atoms with van der Waals surface area (Å²) >= 11 is 0. The molecule has 0 atom stereocenters. The van der Waals surface area contributed by atoms with Crippen LogP contribution in [-0.4, -0.2) is 16.0 Å². The van der Waals surface area contributed by atoms with E-state index in [-0.39, 0.29) is 6.61 Å². The van der Waals surface area contributed by atoms with E-state index in [1.54, 1.807) is 18.5 Å². The van der Waals surface area contributed by atoms with Gasteiger partial charge >= 0.3 is 0 Å². The highest BCUT2D eigenvalue weighted by molar-refractivity contribution is 5.94. The van der Waals surface area contributed by atoms with Crippen molar-refractivity contribution in [1.82, 2.24) is 4.98 Å². The van der Waals surface area contributed by atoms with E-state index in [2.05, 4.69) is 4.98 Å². The van der Waals surface area contributed by atoms with Crippen LogP contribution in [0.5, 0.6) is 0 Å². The predicted octanol–water partition coefficient (Wildman–Crippen LogP) is 1.65. The molecule has 0 saturated carbocycles. The summed E-state index contributed by atoms with van der Waals surface area (Å²) in [5, 5.41) is 9.08. The number of aryl methyl sites for hydroxylation is 1. The number of nitrogens with two attached hydrogens (primary N) is 1. The van der Waals surface area contributed by atoms with E-state index < -0.39 is 5.91 Å². The molecule has 18 heavy (non-hydrogen) atoms. The molecule has 0 unspecified atom stereocenters. The van der Waals surface area contributed by atoms with Gasteiger partial charge in [-0.1, -0.05) is 12.1 Å². The standard InChI is InChI=1S/C14H14N2O2/c1-9-4-11(2-3-13(9)14(15)18)12-5-10(8-17)6-16-7-12/h2-7,17H,8H2,1H3,(H2,15,18). The molecule has 0 radical (unpaired) electrons. The molecule has 0 bridgehead atoms. The Kier molecular flexibility index (Phi) is 3.39. The third kappa shape index (κ3) is 2.38. The molecule has 0 aliphatic heterocycles. The molecular formula is C14H14N2O2. The lowest BCUT2D eigenvalue weighted by atomic mass is 10.00. The molecule has 1 amide bonds. The number of aliphatic hydroxyl groups excluding tert-OH is 1. The van der Waals surface area contributed by atoms with Crippen LogP contribution in [0, 0.1) is 6.92 Å². The van der Waals surface area contributed by atoms with Gasteiger partial charge in [-0.25, -0.2) is 0 Å². The van der Waals surface area contributed by atoms with Crippen LogP contribution >= 0.6 is 0 Å². The monoisotopic (exact) mass is 242 g/mol. The maximum atomic E-state index is 11.1. The zero-order chi connectivity index (χ0) is 13.1. The van der Waals surface area contributed by atoms with Gasteiger partial charge in [0.25, 0.3) is 0 Å². The molecule has 0 fully saturated rings. The zero-order valence-electron chi connectivity index (χ0n) is 10.1. The fraction of sp³-hybridized carbons (Fsp3) is 0.143. The van der Waals surface area contributed by atoms with Crippen LogP contribution in [0.25, 0.3) is 11.1 Å².